The van der Waals surface area contributed by atoms with Crippen molar-refractivity contribution in [2.24, 2.45) is 0 Å². The summed E-state index contributed by atoms with van der Waals surface area (Å²) in [5, 5.41) is 5.71. The second-order valence-electron chi connectivity index (χ2n) is 8.35. The Hall–Kier alpha value is -2.29. The van der Waals surface area contributed by atoms with Gasteiger partial charge in [0.15, 0.2) is 0 Å². The van der Waals surface area contributed by atoms with Gasteiger partial charge >= 0.3 is 0 Å². The fourth-order valence-corrected chi connectivity index (χ4v) is 4.87. The highest BCUT2D eigenvalue weighted by Gasteiger charge is 2.41. The number of rotatable bonds is 5. The van der Waals surface area contributed by atoms with Crippen molar-refractivity contribution in [2.75, 3.05) is 26.3 Å². The van der Waals surface area contributed by atoms with E-state index in [0.29, 0.717) is 31.6 Å². The van der Waals surface area contributed by atoms with E-state index < -0.39 is 6.04 Å². The molecule has 3 amide bonds. The van der Waals surface area contributed by atoms with E-state index in [0.717, 1.165) is 49.4 Å². The van der Waals surface area contributed by atoms with Crippen molar-refractivity contribution in [1.29, 1.82) is 0 Å². The zero-order valence-electron chi connectivity index (χ0n) is 16.4. The Balaban J connectivity index is 1.39. The molecule has 0 radical (unpaired) electrons. The van der Waals surface area contributed by atoms with E-state index in [-0.39, 0.29) is 24.1 Å². The molecule has 2 N–H and O–H groups in total. The smallest absolute Gasteiger partial charge is 0.255 e. The minimum absolute atomic E-state index is 0.0977. The van der Waals surface area contributed by atoms with Crippen LogP contribution in [0.1, 0.15) is 40.7 Å². The number of fused-ring (bicyclic) bond motifs is 1. The molecule has 1 aromatic rings. The van der Waals surface area contributed by atoms with Gasteiger partial charge in [-0.25, -0.2) is 0 Å². The standard InChI is InChI=1S/C21H26N4O4/c26-18-5-4-17(20(27)23-18)25-11-14-3-1-2-13(19(14)21(25)28)10-24(16-8-22-9-16)15-6-7-29-12-15/h1-3,15-17,22H,4-12H2,(H,23,26,27). The molecule has 4 aliphatic heterocycles. The van der Waals surface area contributed by atoms with E-state index in [2.05, 4.69) is 15.5 Å². The molecule has 3 fully saturated rings. The molecule has 0 saturated carbocycles. The highest BCUT2D eigenvalue weighted by Crippen LogP contribution is 2.31. The lowest BCUT2D eigenvalue weighted by Crippen LogP contribution is -2.59. The highest BCUT2D eigenvalue weighted by atomic mass is 16.5. The van der Waals surface area contributed by atoms with Crippen LogP contribution in [0, 0.1) is 0 Å². The molecule has 8 heteroatoms. The molecule has 154 valence electrons. The molecule has 3 saturated heterocycles. The highest BCUT2D eigenvalue weighted by molar-refractivity contribution is 6.05. The van der Waals surface area contributed by atoms with Gasteiger partial charge in [0.2, 0.25) is 11.8 Å². The summed E-state index contributed by atoms with van der Waals surface area (Å²) in [5.41, 5.74) is 2.71. The molecule has 1 aromatic carbocycles. The zero-order valence-corrected chi connectivity index (χ0v) is 16.4. The lowest BCUT2D eigenvalue weighted by Gasteiger charge is -2.41. The Morgan fingerprint density at radius 1 is 1.14 bits per heavy atom. The number of hydrogen-bond acceptors (Lipinski definition) is 6. The van der Waals surface area contributed by atoms with E-state index >= 15 is 0 Å². The average molecular weight is 398 g/mol. The van der Waals surface area contributed by atoms with Gasteiger partial charge in [0.1, 0.15) is 6.04 Å². The van der Waals surface area contributed by atoms with Crippen LogP contribution < -0.4 is 10.6 Å². The third-order valence-corrected chi connectivity index (χ3v) is 6.60. The summed E-state index contributed by atoms with van der Waals surface area (Å²) in [4.78, 5) is 41.2. The summed E-state index contributed by atoms with van der Waals surface area (Å²) in [5.74, 6) is -0.728. The van der Waals surface area contributed by atoms with Gasteiger partial charge in [-0.05, 0) is 24.0 Å². The van der Waals surface area contributed by atoms with Crippen LogP contribution in [-0.4, -0.2) is 72.0 Å². The van der Waals surface area contributed by atoms with E-state index in [1.165, 1.54) is 0 Å². The Morgan fingerprint density at radius 3 is 2.69 bits per heavy atom. The van der Waals surface area contributed by atoms with Crippen molar-refractivity contribution in [2.45, 2.75) is 50.5 Å². The van der Waals surface area contributed by atoms with Crippen LogP contribution in [-0.2, 0) is 27.4 Å². The van der Waals surface area contributed by atoms with Crippen molar-refractivity contribution in [3.8, 4) is 0 Å². The molecule has 4 aliphatic rings. The Kier molecular flexibility index (Phi) is 4.85. The normalized spacial score (nSPS) is 27.3. The van der Waals surface area contributed by atoms with Crippen LogP contribution in [0.4, 0.5) is 0 Å². The van der Waals surface area contributed by atoms with Gasteiger partial charge in [-0.3, -0.25) is 24.6 Å². The second kappa shape index (κ2) is 7.51. The van der Waals surface area contributed by atoms with E-state index in [4.69, 9.17) is 4.74 Å². The number of carbonyl (C=O) groups is 3. The third kappa shape index (κ3) is 3.35. The molecule has 0 bridgehead atoms. The number of piperidine rings is 1. The molecule has 0 spiro atoms. The van der Waals surface area contributed by atoms with Gasteiger partial charge in [0.05, 0.1) is 6.61 Å². The van der Waals surface area contributed by atoms with Crippen LogP contribution in [0.3, 0.4) is 0 Å². The first-order valence-electron chi connectivity index (χ1n) is 10.4. The summed E-state index contributed by atoms with van der Waals surface area (Å²) in [6, 6.07) is 6.25. The van der Waals surface area contributed by atoms with Crippen molar-refractivity contribution in [3.05, 3.63) is 34.9 Å². The van der Waals surface area contributed by atoms with Crippen LogP contribution in [0.25, 0.3) is 0 Å². The van der Waals surface area contributed by atoms with Crippen molar-refractivity contribution >= 4 is 17.7 Å². The summed E-state index contributed by atoms with van der Waals surface area (Å²) in [6.07, 6.45) is 1.68. The van der Waals surface area contributed by atoms with Crippen molar-refractivity contribution < 1.29 is 19.1 Å². The SMILES string of the molecule is O=C1CCC(N2Cc3cccc(CN(C4CNC4)C4CCOC4)c3C2=O)C(=O)N1. The van der Waals surface area contributed by atoms with E-state index in [1.807, 2.05) is 18.2 Å². The van der Waals surface area contributed by atoms with Gasteiger partial charge < -0.3 is 15.0 Å². The lowest BCUT2D eigenvalue weighted by molar-refractivity contribution is -0.136. The Morgan fingerprint density at radius 2 is 2.00 bits per heavy atom. The van der Waals surface area contributed by atoms with Gasteiger partial charge in [-0.2, -0.15) is 0 Å². The minimum Gasteiger partial charge on any atom is -0.380 e. The maximum Gasteiger partial charge on any atom is 0.255 e. The summed E-state index contributed by atoms with van der Waals surface area (Å²) < 4.78 is 5.62. The van der Waals surface area contributed by atoms with Gasteiger partial charge in [-0.15, -0.1) is 0 Å². The van der Waals surface area contributed by atoms with Crippen molar-refractivity contribution in [1.82, 2.24) is 20.4 Å². The first-order chi connectivity index (χ1) is 14.1. The molecule has 0 aromatic heterocycles. The monoisotopic (exact) mass is 398 g/mol. The fourth-order valence-electron chi connectivity index (χ4n) is 4.87. The van der Waals surface area contributed by atoms with Crippen LogP contribution in [0.15, 0.2) is 18.2 Å². The number of benzene rings is 1. The van der Waals surface area contributed by atoms with Crippen LogP contribution >= 0.6 is 0 Å². The first kappa shape index (κ1) is 18.7. The maximum absolute atomic E-state index is 13.3. The molecular formula is C21H26N4O4. The molecule has 29 heavy (non-hydrogen) atoms. The Labute approximate surface area is 169 Å². The maximum atomic E-state index is 13.3. The molecule has 4 heterocycles. The zero-order chi connectivity index (χ0) is 20.0. The molecule has 0 aliphatic carbocycles. The largest absolute Gasteiger partial charge is 0.380 e. The van der Waals surface area contributed by atoms with E-state index in [1.54, 1.807) is 4.90 Å². The number of nitrogens with one attached hydrogen (secondary N) is 2. The molecular weight excluding hydrogens is 372 g/mol. The number of ether oxygens (including phenoxy) is 1. The van der Waals surface area contributed by atoms with Gasteiger partial charge in [0.25, 0.3) is 5.91 Å². The number of amides is 3. The molecule has 5 rings (SSSR count). The van der Waals surface area contributed by atoms with E-state index in [9.17, 15) is 14.4 Å². The number of nitrogens with zero attached hydrogens (tertiary/aromatic N) is 2. The molecule has 8 nitrogen and oxygen atoms in total. The van der Waals surface area contributed by atoms with Crippen molar-refractivity contribution in [3.63, 3.8) is 0 Å². The second-order valence-corrected chi connectivity index (χ2v) is 8.35. The summed E-state index contributed by atoms with van der Waals surface area (Å²) in [6.45, 7) is 4.58. The van der Waals surface area contributed by atoms with Gasteiger partial charge in [-0.1, -0.05) is 18.2 Å². The van der Waals surface area contributed by atoms with Crippen LogP contribution in [0.5, 0.6) is 0 Å². The number of carbonyl (C=O) groups excluding carboxylic acids is 3. The summed E-state index contributed by atoms with van der Waals surface area (Å²) >= 11 is 0. The first-order valence-corrected chi connectivity index (χ1v) is 10.4. The summed E-state index contributed by atoms with van der Waals surface area (Å²) in [7, 11) is 0. The Bertz CT molecular complexity index is 847. The molecule has 2 unspecified atom stereocenters. The topological polar surface area (TPSA) is 91.0 Å². The van der Waals surface area contributed by atoms with Crippen LogP contribution in [0.2, 0.25) is 0 Å². The average Bonchev–Trinajstić information content (AvgIpc) is 3.29. The number of imide groups is 1. The predicted molar refractivity (Wildman–Crippen MR) is 104 cm³/mol. The minimum atomic E-state index is -0.574. The molecule has 2 atom stereocenters. The third-order valence-electron chi connectivity index (χ3n) is 6.60. The predicted octanol–water partition coefficient (Wildman–Crippen LogP) is 0.0103. The number of hydrogen-bond donors (Lipinski definition) is 2. The quantitative estimate of drug-likeness (QED) is 0.679. The van der Waals surface area contributed by atoms with Gasteiger partial charge in [0, 0.05) is 56.9 Å². The fraction of sp³-hybridized carbons (Fsp3) is 0.571. The lowest BCUT2D eigenvalue weighted by atomic mass is 9.99.